The molecule has 32 heavy (non-hydrogen) atoms. The molecule has 0 radical (unpaired) electrons. The molecule has 4 nitrogen and oxygen atoms in total. The van der Waals surface area contributed by atoms with Crippen LogP contribution in [0.4, 0.5) is 0 Å². The Labute approximate surface area is 187 Å². The zero-order valence-electron chi connectivity index (χ0n) is 18.5. The van der Waals surface area contributed by atoms with Crippen LogP contribution in [0.1, 0.15) is 35.3 Å². The van der Waals surface area contributed by atoms with E-state index in [9.17, 15) is 0 Å². The van der Waals surface area contributed by atoms with Crippen LogP contribution in [0, 0.1) is 0 Å². The lowest BCUT2D eigenvalue weighted by Crippen LogP contribution is -1.89. The Kier molecular flexibility index (Phi) is 4.27. The second kappa shape index (κ2) is 7.82. The number of rotatable bonds is 3. The SMILES string of the molecule is [2H]c1c(CCc2ccccc2)c2cc3ccc(cc4nc(cc5nc(cc1[nH]2)C=C5)C=C4)[nH]3. The van der Waals surface area contributed by atoms with Crippen molar-refractivity contribution >= 4 is 46.4 Å². The molecular formula is C28H22N4. The van der Waals surface area contributed by atoms with E-state index in [0.29, 0.717) is 6.04 Å². The fraction of sp³-hybridized carbons (Fsp3) is 0.0714. The largest absolute Gasteiger partial charge is 0.355 e. The number of aromatic nitrogens is 4. The number of aryl methyl sites for hydroxylation is 2. The zero-order valence-corrected chi connectivity index (χ0v) is 17.5. The molecule has 2 aliphatic rings. The molecule has 2 aliphatic heterocycles. The van der Waals surface area contributed by atoms with Crippen LogP contribution in [-0.2, 0) is 12.8 Å². The average Bonchev–Trinajstić information content (AvgIpc) is 3.60. The Morgan fingerprint density at radius 3 is 1.97 bits per heavy atom. The Morgan fingerprint density at radius 1 is 0.625 bits per heavy atom. The molecule has 0 saturated heterocycles. The van der Waals surface area contributed by atoms with Crippen molar-refractivity contribution in [2.24, 2.45) is 0 Å². The van der Waals surface area contributed by atoms with Crippen LogP contribution in [0.5, 0.6) is 0 Å². The van der Waals surface area contributed by atoms with E-state index < -0.39 is 0 Å². The third-order valence-electron chi connectivity index (χ3n) is 5.67. The summed E-state index contributed by atoms with van der Waals surface area (Å²) in [4.78, 5) is 16.3. The Hall–Kier alpha value is -4.18. The van der Waals surface area contributed by atoms with Gasteiger partial charge < -0.3 is 9.97 Å². The van der Waals surface area contributed by atoms with Crippen molar-refractivity contribution in [2.75, 3.05) is 0 Å². The van der Waals surface area contributed by atoms with Crippen LogP contribution >= 0.6 is 0 Å². The van der Waals surface area contributed by atoms with E-state index in [0.717, 1.165) is 63.2 Å². The number of hydrogen-bond donors (Lipinski definition) is 2. The van der Waals surface area contributed by atoms with Crippen molar-refractivity contribution in [1.29, 1.82) is 0 Å². The second-order valence-electron chi connectivity index (χ2n) is 8.08. The van der Waals surface area contributed by atoms with E-state index >= 15 is 0 Å². The van der Waals surface area contributed by atoms with Gasteiger partial charge in [-0.15, -0.1) is 0 Å². The summed E-state index contributed by atoms with van der Waals surface area (Å²) in [5, 5.41) is 0. The van der Waals surface area contributed by atoms with Crippen LogP contribution < -0.4 is 0 Å². The van der Waals surface area contributed by atoms with Gasteiger partial charge in [0.25, 0.3) is 0 Å². The minimum absolute atomic E-state index is 0.523. The van der Waals surface area contributed by atoms with Crippen molar-refractivity contribution < 1.29 is 1.37 Å². The van der Waals surface area contributed by atoms with E-state index in [1.54, 1.807) is 0 Å². The predicted octanol–water partition coefficient (Wildman–Crippen LogP) is 6.44. The van der Waals surface area contributed by atoms with Crippen LogP contribution in [0.3, 0.4) is 0 Å². The highest BCUT2D eigenvalue weighted by Crippen LogP contribution is 2.20. The molecule has 2 N–H and O–H groups in total. The molecule has 0 unspecified atom stereocenters. The zero-order chi connectivity index (χ0) is 22.2. The van der Waals surface area contributed by atoms with Gasteiger partial charge in [-0.1, -0.05) is 30.3 Å². The van der Waals surface area contributed by atoms with E-state index in [2.05, 4.69) is 51.4 Å². The van der Waals surface area contributed by atoms with Gasteiger partial charge in [-0.3, -0.25) is 0 Å². The van der Waals surface area contributed by atoms with Gasteiger partial charge in [0.15, 0.2) is 0 Å². The number of fused-ring (bicyclic) bond motifs is 8. The van der Waals surface area contributed by atoms with E-state index in [4.69, 9.17) is 6.35 Å². The average molecular weight is 416 g/mol. The molecule has 8 bridgehead atoms. The van der Waals surface area contributed by atoms with Crippen LogP contribution in [-0.4, -0.2) is 19.9 Å². The number of aromatic amines is 2. The fourth-order valence-corrected chi connectivity index (χ4v) is 4.11. The highest BCUT2D eigenvalue weighted by molar-refractivity contribution is 5.78. The molecule has 154 valence electrons. The molecule has 0 spiro atoms. The molecular weight excluding hydrogens is 392 g/mol. The van der Waals surface area contributed by atoms with Gasteiger partial charge in [0.05, 0.1) is 24.1 Å². The van der Waals surface area contributed by atoms with Crippen LogP contribution in [0.25, 0.3) is 46.4 Å². The van der Waals surface area contributed by atoms with E-state index in [-0.39, 0.29) is 0 Å². The molecule has 0 atom stereocenters. The Bertz CT molecular complexity index is 1570. The van der Waals surface area contributed by atoms with Crippen molar-refractivity contribution in [1.82, 2.24) is 19.9 Å². The molecule has 5 heterocycles. The summed E-state index contributed by atoms with van der Waals surface area (Å²) in [6.07, 6.45) is 9.63. The van der Waals surface area contributed by atoms with Crippen molar-refractivity contribution in [3.05, 3.63) is 107 Å². The van der Waals surface area contributed by atoms with Gasteiger partial charge in [-0.25, -0.2) is 9.97 Å². The minimum atomic E-state index is 0.523. The maximum atomic E-state index is 8.89. The standard InChI is InChI=1S/C28H22N4/c1-2-4-19(5-3-1)6-7-20-14-27-17-25-11-10-23(30-25)15-21-8-9-22(29-21)16-24-12-13-26(31-24)18-28(20)32-27/h1-5,8-18,31-32H,6-7H2/i14D. The normalized spacial score (nSPS) is 12.8. The Balaban J connectivity index is 1.57. The van der Waals surface area contributed by atoms with E-state index in [1.807, 2.05) is 54.6 Å². The van der Waals surface area contributed by atoms with Crippen molar-refractivity contribution in [3.63, 3.8) is 0 Å². The molecule has 0 fully saturated rings. The van der Waals surface area contributed by atoms with Gasteiger partial charge >= 0.3 is 0 Å². The quantitative estimate of drug-likeness (QED) is 0.349. The summed E-state index contributed by atoms with van der Waals surface area (Å²) in [5.74, 6) is 0. The number of benzene rings is 1. The predicted molar refractivity (Wildman–Crippen MR) is 133 cm³/mol. The third-order valence-corrected chi connectivity index (χ3v) is 5.67. The topological polar surface area (TPSA) is 57.4 Å². The molecule has 6 rings (SSSR count). The number of nitrogens with zero attached hydrogens (tertiary/aromatic N) is 2. The maximum absolute atomic E-state index is 8.89. The number of nitrogens with one attached hydrogen (secondary N) is 2. The van der Waals surface area contributed by atoms with Crippen LogP contribution in [0.2, 0.25) is 0 Å². The minimum Gasteiger partial charge on any atom is -0.355 e. The number of hydrogen-bond acceptors (Lipinski definition) is 2. The molecule has 4 heteroatoms. The first-order valence-electron chi connectivity index (χ1n) is 11.3. The van der Waals surface area contributed by atoms with Crippen LogP contribution in [0.15, 0.2) is 72.8 Å². The lowest BCUT2D eigenvalue weighted by atomic mass is 10.1. The monoisotopic (exact) mass is 415 g/mol. The second-order valence-corrected chi connectivity index (χ2v) is 8.08. The summed E-state index contributed by atoms with van der Waals surface area (Å²) in [6.45, 7) is 0. The summed E-state index contributed by atoms with van der Waals surface area (Å²) in [5.41, 5.74) is 9.43. The molecule has 0 amide bonds. The van der Waals surface area contributed by atoms with Gasteiger partial charge in [-0.05, 0) is 90.7 Å². The third kappa shape index (κ3) is 3.91. The smallest absolute Gasteiger partial charge is 0.0659 e. The van der Waals surface area contributed by atoms with Gasteiger partial charge in [0.1, 0.15) is 0 Å². The summed E-state index contributed by atoms with van der Waals surface area (Å²) >= 11 is 0. The lowest BCUT2D eigenvalue weighted by molar-refractivity contribution is 0.971. The van der Waals surface area contributed by atoms with Crippen molar-refractivity contribution in [3.8, 4) is 0 Å². The van der Waals surface area contributed by atoms with Crippen molar-refractivity contribution in [2.45, 2.75) is 12.8 Å². The summed E-state index contributed by atoms with van der Waals surface area (Å²) in [6, 6.07) is 23.1. The molecule has 0 saturated carbocycles. The molecule has 1 aromatic carbocycles. The fourth-order valence-electron chi connectivity index (χ4n) is 4.11. The molecule has 4 aromatic rings. The van der Waals surface area contributed by atoms with E-state index in [1.165, 1.54) is 5.56 Å². The van der Waals surface area contributed by atoms with Gasteiger partial charge in [-0.2, -0.15) is 0 Å². The Morgan fingerprint density at radius 2 is 1.25 bits per heavy atom. The summed E-state index contributed by atoms with van der Waals surface area (Å²) in [7, 11) is 0. The highest BCUT2D eigenvalue weighted by Gasteiger charge is 2.05. The first kappa shape index (κ1) is 17.5. The first-order valence-corrected chi connectivity index (χ1v) is 10.8. The van der Waals surface area contributed by atoms with Gasteiger partial charge in [0.2, 0.25) is 0 Å². The first-order chi connectivity index (χ1) is 16.2. The maximum Gasteiger partial charge on any atom is 0.0659 e. The molecule has 3 aromatic heterocycles. The number of H-pyrrole nitrogens is 2. The van der Waals surface area contributed by atoms with Gasteiger partial charge in [0, 0.05) is 22.1 Å². The highest BCUT2D eigenvalue weighted by atomic mass is 14.8. The molecule has 0 aliphatic carbocycles. The lowest BCUT2D eigenvalue weighted by Gasteiger charge is -2.00. The summed E-state index contributed by atoms with van der Waals surface area (Å²) < 4.78 is 8.89.